The average Bonchev–Trinajstić information content (AvgIpc) is 2.90. The molecule has 3 heterocycles. The summed E-state index contributed by atoms with van der Waals surface area (Å²) in [5.41, 5.74) is 5.20. The smallest absolute Gasteiger partial charge is 0.199 e. The summed E-state index contributed by atoms with van der Waals surface area (Å²) in [4.78, 5) is 6.46. The van der Waals surface area contributed by atoms with E-state index in [1.165, 1.54) is 11.1 Å². The van der Waals surface area contributed by atoms with Gasteiger partial charge in [-0.15, -0.1) is 0 Å². The quantitative estimate of drug-likeness (QED) is 0.564. The van der Waals surface area contributed by atoms with Crippen LogP contribution in [0.15, 0.2) is 41.1 Å². The van der Waals surface area contributed by atoms with Crippen molar-refractivity contribution in [3.8, 4) is 0 Å². The third-order valence-corrected chi connectivity index (χ3v) is 5.21. The number of halogens is 2. The molecule has 5 heteroatoms. The average molecular weight is 400 g/mol. The van der Waals surface area contributed by atoms with Crippen molar-refractivity contribution in [1.29, 1.82) is 0 Å². The fourth-order valence-electron chi connectivity index (χ4n) is 3.53. The van der Waals surface area contributed by atoms with Gasteiger partial charge in [-0.3, -0.25) is 4.57 Å². The molecule has 3 aromatic rings. The molecular weight excluding hydrogens is 381 g/mol. The summed E-state index contributed by atoms with van der Waals surface area (Å²) in [5, 5.41) is 1.15. The summed E-state index contributed by atoms with van der Waals surface area (Å²) in [6.45, 7) is 3.88. The van der Waals surface area contributed by atoms with Crippen molar-refractivity contribution in [2.45, 2.75) is 19.9 Å². The van der Waals surface area contributed by atoms with Gasteiger partial charge in [-0.2, -0.15) is 4.39 Å². The van der Waals surface area contributed by atoms with E-state index in [-0.39, 0.29) is 5.95 Å². The second kappa shape index (κ2) is 6.39. The van der Waals surface area contributed by atoms with E-state index in [0.717, 1.165) is 46.3 Å². The zero-order chi connectivity index (χ0) is 17.6. The van der Waals surface area contributed by atoms with Gasteiger partial charge in [0, 0.05) is 42.9 Å². The molecule has 0 radical (unpaired) electrons. The van der Waals surface area contributed by atoms with Crippen molar-refractivity contribution in [1.82, 2.24) is 14.5 Å². The second-order valence-electron chi connectivity index (χ2n) is 6.65. The van der Waals surface area contributed by atoms with E-state index in [1.54, 1.807) is 16.8 Å². The predicted molar refractivity (Wildman–Crippen MR) is 104 cm³/mol. The first-order valence-corrected chi connectivity index (χ1v) is 9.13. The van der Waals surface area contributed by atoms with E-state index in [9.17, 15) is 0 Å². The number of fused-ring (bicyclic) bond motifs is 3. The zero-order valence-corrected chi connectivity index (χ0v) is 15.8. The molecule has 0 bridgehead atoms. The highest BCUT2D eigenvalue weighted by atomic mass is 79.9. The number of nitrogens with zero attached hydrogens (tertiary/aromatic N) is 3. The fraction of sp³-hybridized carbons (Fsp3) is 0.250. The molecule has 0 atom stereocenters. The second-order valence-corrected chi connectivity index (χ2v) is 7.46. The number of pyridine rings is 1. The molecule has 0 N–H and O–H groups in total. The Balaban J connectivity index is 1.90. The number of likely N-dealkylation sites (N-methyl/N-ethyl adjacent to an activating group) is 1. The molecule has 0 spiro atoms. The van der Waals surface area contributed by atoms with Crippen LogP contribution in [0, 0.1) is 6.92 Å². The molecule has 25 heavy (non-hydrogen) atoms. The van der Waals surface area contributed by atoms with Gasteiger partial charge in [0.1, 0.15) is 4.60 Å². The highest BCUT2D eigenvalue weighted by Gasteiger charge is 2.24. The molecule has 3 nitrogen and oxygen atoms in total. The van der Waals surface area contributed by atoms with Gasteiger partial charge in [0.25, 0.3) is 0 Å². The van der Waals surface area contributed by atoms with Crippen molar-refractivity contribution in [3.05, 3.63) is 63.5 Å². The summed E-state index contributed by atoms with van der Waals surface area (Å²) in [6.07, 6.45) is 4.07. The number of rotatable bonds is 2. The van der Waals surface area contributed by atoms with E-state index >= 15 is 4.39 Å². The van der Waals surface area contributed by atoms with Crippen LogP contribution in [0.1, 0.15) is 22.4 Å². The predicted octanol–water partition coefficient (Wildman–Crippen LogP) is 5.02. The number of hydrogen-bond donors (Lipinski definition) is 0. The Morgan fingerprint density at radius 1 is 1.28 bits per heavy atom. The fourth-order valence-corrected chi connectivity index (χ4v) is 3.76. The lowest BCUT2D eigenvalue weighted by Crippen LogP contribution is -2.27. The highest BCUT2D eigenvalue weighted by Crippen LogP contribution is 2.34. The summed E-state index contributed by atoms with van der Waals surface area (Å²) in [6, 6.07) is 9.91. The minimum atomic E-state index is -0.260. The Labute approximate surface area is 154 Å². The Morgan fingerprint density at radius 3 is 2.88 bits per heavy atom. The molecule has 0 amide bonds. The molecule has 0 fully saturated rings. The van der Waals surface area contributed by atoms with Gasteiger partial charge in [-0.05, 0) is 59.2 Å². The molecule has 2 aromatic heterocycles. The lowest BCUT2D eigenvalue weighted by molar-refractivity contribution is 0.311. The van der Waals surface area contributed by atoms with Gasteiger partial charge < -0.3 is 4.90 Å². The zero-order valence-electron chi connectivity index (χ0n) is 14.3. The Hall–Kier alpha value is -1.98. The maximum atomic E-state index is 15.2. The molecule has 1 aliphatic heterocycles. The lowest BCUT2D eigenvalue weighted by atomic mass is 10.0. The van der Waals surface area contributed by atoms with E-state index < -0.39 is 0 Å². The van der Waals surface area contributed by atoms with E-state index in [2.05, 4.69) is 45.9 Å². The molecule has 128 valence electrons. The van der Waals surface area contributed by atoms with Gasteiger partial charge in [-0.1, -0.05) is 17.7 Å². The standard InChI is InChI=1S/C20H19BrFN3/c1-13-3-5-17-15(9-13)16-12-24(2)8-7-18(16)25(17)20(22)10-14-4-6-19(21)23-11-14/h3-6,9-11H,7-8,12H2,1-2H3/b20-10+. The van der Waals surface area contributed by atoms with Gasteiger partial charge in [0.15, 0.2) is 5.95 Å². The third kappa shape index (κ3) is 3.02. The number of aryl methyl sites for hydroxylation is 1. The Bertz CT molecular complexity index is 973. The van der Waals surface area contributed by atoms with Gasteiger partial charge >= 0.3 is 0 Å². The molecule has 4 rings (SSSR count). The van der Waals surface area contributed by atoms with Crippen molar-refractivity contribution in [2.75, 3.05) is 13.6 Å². The molecule has 0 saturated heterocycles. The lowest BCUT2D eigenvalue weighted by Gasteiger charge is -2.23. The minimum Gasteiger partial charge on any atom is -0.302 e. The first kappa shape index (κ1) is 16.5. The summed E-state index contributed by atoms with van der Waals surface area (Å²) in [5.74, 6) is -0.260. The van der Waals surface area contributed by atoms with Crippen molar-refractivity contribution in [2.24, 2.45) is 0 Å². The third-order valence-electron chi connectivity index (χ3n) is 4.74. The largest absolute Gasteiger partial charge is 0.302 e. The maximum Gasteiger partial charge on any atom is 0.199 e. The van der Waals surface area contributed by atoms with E-state index in [0.29, 0.717) is 0 Å². The molecule has 1 aromatic carbocycles. The molecular formula is C20H19BrFN3. The normalized spacial score (nSPS) is 15.6. The number of benzene rings is 1. The molecule has 0 aliphatic carbocycles. The van der Waals surface area contributed by atoms with E-state index in [4.69, 9.17) is 0 Å². The van der Waals surface area contributed by atoms with Gasteiger partial charge in [0.05, 0.1) is 5.52 Å². The van der Waals surface area contributed by atoms with Crippen LogP contribution >= 0.6 is 15.9 Å². The minimum absolute atomic E-state index is 0.260. The number of aromatic nitrogens is 2. The Morgan fingerprint density at radius 2 is 2.12 bits per heavy atom. The van der Waals surface area contributed by atoms with Crippen molar-refractivity contribution >= 4 is 38.9 Å². The first-order valence-electron chi connectivity index (χ1n) is 8.33. The highest BCUT2D eigenvalue weighted by molar-refractivity contribution is 9.10. The van der Waals surface area contributed by atoms with Crippen molar-refractivity contribution in [3.63, 3.8) is 0 Å². The van der Waals surface area contributed by atoms with Crippen LogP contribution in [0.25, 0.3) is 22.9 Å². The summed E-state index contributed by atoms with van der Waals surface area (Å²) < 4.78 is 17.8. The number of hydrogen-bond acceptors (Lipinski definition) is 2. The SMILES string of the molecule is Cc1ccc2c(c1)c1c(n2/C(F)=C/c2ccc(Br)nc2)CCN(C)C1. The van der Waals surface area contributed by atoms with Crippen LogP contribution in [0.4, 0.5) is 4.39 Å². The topological polar surface area (TPSA) is 21.1 Å². The van der Waals surface area contributed by atoms with E-state index in [1.807, 2.05) is 24.3 Å². The Kier molecular flexibility index (Phi) is 4.21. The van der Waals surface area contributed by atoms with Crippen LogP contribution in [0.2, 0.25) is 0 Å². The van der Waals surface area contributed by atoms with Crippen LogP contribution in [0.5, 0.6) is 0 Å². The van der Waals surface area contributed by atoms with Gasteiger partial charge in [-0.25, -0.2) is 4.98 Å². The summed E-state index contributed by atoms with van der Waals surface area (Å²) >= 11 is 3.31. The van der Waals surface area contributed by atoms with Crippen LogP contribution in [0.3, 0.4) is 0 Å². The van der Waals surface area contributed by atoms with Crippen LogP contribution < -0.4 is 0 Å². The van der Waals surface area contributed by atoms with Gasteiger partial charge in [0.2, 0.25) is 0 Å². The van der Waals surface area contributed by atoms with Crippen LogP contribution in [-0.2, 0) is 13.0 Å². The first-order chi connectivity index (χ1) is 12.0. The molecule has 0 unspecified atom stereocenters. The summed E-state index contributed by atoms with van der Waals surface area (Å²) in [7, 11) is 2.11. The maximum absolute atomic E-state index is 15.2. The molecule has 0 saturated carbocycles. The molecule has 1 aliphatic rings. The monoisotopic (exact) mass is 399 g/mol. The van der Waals surface area contributed by atoms with Crippen molar-refractivity contribution < 1.29 is 4.39 Å². The van der Waals surface area contributed by atoms with Crippen LogP contribution in [-0.4, -0.2) is 28.0 Å².